The van der Waals surface area contributed by atoms with E-state index in [4.69, 9.17) is 11.6 Å². The first kappa shape index (κ1) is 17.1. The van der Waals surface area contributed by atoms with E-state index in [1.807, 2.05) is 18.2 Å². The molecule has 1 aliphatic heterocycles. The Balaban J connectivity index is 1.57. The van der Waals surface area contributed by atoms with Crippen LogP contribution < -0.4 is 9.80 Å². The van der Waals surface area contributed by atoms with Crippen LogP contribution >= 0.6 is 11.6 Å². The van der Waals surface area contributed by atoms with Crippen LogP contribution in [0.3, 0.4) is 0 Å². The maximum Gasteiger partial charge on any atom is 0.114 e. The molecule has 0 amide bonds. The van der Waals surface area contributed by atoms with Crippen LogP contribution in [0.25, 0.3) is 6.08 Å². The maximum atomic E-state index is 6.47. The minimum atomic E-state index is 0.914. The number of quaternary nitrogens is 1. The zero-order valence-corrected chi connectivity index (χ0v) is 15.3. The van der Waals surface area contributed by atoms with Gasteiger partial charge in [-0.25, -0.2) is 0 Å². The summed E-state index contributed by atoms with van der Waals surface area (Å²) in [6, 6.07) is 16.9. The van der Waals surface area contributed by atoms with Crippen LogP contribution in [0.5, 0.6) is 0 Å². The van der Waals surface area contributed by atoms with Crippen molar-refractivity contribution in [2.75, 3.05) is 37.6 Å². The molecule has 0 unspecified atom stereocenters. The molecular formula is C21H26ClN2+. The van der Waals surface area contributed by atoms with Gasteiger partial charge in [0.25, 0.3) is 0 Å². The van der Waals surface area contributed by atoms with E-state index in [1.165, 1.54) is 22.4 Å². The van der Waals surface area contributed by atoms with Crippen LogP contribution in [0.15, 0.2) is 53.6 Å². The van der Waals surface area contributed by atoms with E-state index in [-0.39, 0.29) is 0 Å². The minimum Gasteiger partial charge on any atom is -0.360 e. The highest BCUT2D eigenvalue weighted by Crippen LogP contribution is 2.22. The molecule has 1 aliphatic rings. The van der Waals surface area contributed by atoms with E-state index >= 15 is 0 Å². The lowest BCUT2D eigenvalue weighted by molar-refractivity contribution is -0.895. The highest BCUT2D eigenvalue weighted by Gasteiger charge is 2.21. The van der Waals surface area contributed by atoms with Gasteiger partial charge in [0.05, 0.1) is 31.2 Å². The van der Waals surface area contributed by atoms with Crippen molar-refractivity contribution >= 4 is 23.4 Å². The summed E-state index contributed by atoms with van der Waals surface area (Å²) in [6.45, 7) is 9.78. The van der Waals surface area contributed by atoms with Crippen molar-refractivity contribution in [2.24, 2.45) is 0 Å². The van der Waals surface area contributed by atoms with Gasteiger partial charge >= 0.3 is 0 Å². The second-order valence-corrected chi connectivity index (χ2v) is 7.12. The van der Waals surface area contributed by atoms with Gasteiger partial charge in [-0.1, -0.05) is 54.1 Å². The molecule has 0 radical (unpaired) electrons. The van der Waals surface area contributed by atoms with Gasteiger partial charge in [-0.05, 0) is 42.7 Å². The fourth-order valence-electron chi connectivity index (χ4n) is 3.34. The molecule has 0 bridgehead atoms. The molecule has 0 aromatic heterocycles. The topological polar surface area (TPSA) is 7.68 Å². The number of nitrogens with one attached hydrogen (secondary N) is 1. The Labute approximate surface area is 150 Å². The summed E-state index contributed by atoms with van der Waals surface area (Å²) in [4.78, 5) is 4.08. The number of piperazine rings is 1. The van der Waals surface area contributed by atoms with Gasteiger partial charge in [-0.15, -0.1) is 0 Å². The van der Waals surface area contributed by atoms with Gasteiger partial charge in [-0.3, -0.25) is 0 Å². The van der Waals surface area contributed by atoms with E-state index in [0.29, 0.717) is 0 Å². The molecule has 1 saturated heterocycles. The zero-order chi connectivity index (χ0) is 16.9. The van der Waals surface area contributed by atoms with E-state index < -0.39 is 0 Å². The van der Waals surface area contributed by atoms with Crippen LogP contribution in [0, 0.1) is 13.8 Å². The number of hydrogen-bond acceptors (Lipinski definition) is 1. The monoisotopic (exact) mass is 341 g/mol. The normalized spacial score (nSPS) is 16.5. The Bertz CT molecular complexity index is 701. The van der Waals surface area contributed by atoms with Gasteiger partial charge < -0.3 is 9.80 Å². The van der Waals surface area contributed by atoms with Crippen molar-refractivity contribution in [2.45, 2.75) is 13.8 Å². The molecule has 1 heterocycles. The summed E-state index contributed by atoms with van der Waals surface area (Å²) in [6.07, 6.45) is 2.09. The molecule has 24 heavy (non-hydrogen) atoms. The number of anilines is 1. The van der Waals surface area contributed by atoms with Gasteiger partial charge in [0.2, 0.25) is 0 Å². The first-order valence-corrected chi connectivity index (χ1v) is 9.07. The quantitative estimate of drug-likeness (QED) is 0.896. The average molecular weight is 342 g/mol. The molecular weight excluding hydrogens is 316 g/mol. The van der Waals surface area contributed by atoms with Crippen LogP contribution in [0.2, 0.25) is 0 Å². The Kier molecular flexibility index (Phi) is 5.60. The molecule has 0 atom stereocenters. The Morgan fingerprint density at radius 3 is 2.46 bits per heavy atom. The Morgan fingerprint density at radius 2 is 1.75 bits per heavy atom. The van der Waals surface area contributed by atoms with Gasteiger partial charge in [0.1, 0.15) is 6.54 Å². The van der Waals surface area contributed by atoms with E-state index in [0.717, 1.165) is 37.8 Å². The van der Waals surface area contributed by atoms with Crippen molar-refractivity contribution in [3.63, 3.8) is 0 Å². The molecule has 3 rings (SSSR count). The Morgan fingerprint density at radius 1 is 1.04 bits per heavy atom. The second kappa shape index (κ2) is 7.87. The standard InChI is InChI=1S/C21H25ClN2/c1-17-7-6-10-21(18(17)2)24-13-11-23(12-14-24)16-20(22)15-19-8-4-3-5-9-19/h3-10,15H,11-14,16H2,1-2H3/p+1/b20-15-. The van der Waals surface area contributed by atoms with Crippen LogP contribution in [0.4, 0.5) is 5.69 Å². The minimum absolute atomic E-state index is 0.914. The molecule has 2 aromatic carbocycles. The summed E-state index contributed by atoms with van der Waals surface area (Å²) in [5.74, 6) is 0. The lowest BCUT2D eigenvalue weighted by atomic mass is 10.1. The number of halogens is 1. The first-order chi connectivity index (χ1) is 11.6. The third kappa shape index (κ3) is 4.19. The third-order valence-electron chi connectivity index (χ3n) is 4.93. The highest BCUT2D eigenvalue weighted by atomic mass is 35.5. The third-order valence-corrected chi connectivity index (χ3v) is 5.17. The second-order valence-electron chi connectivity index (χ2n) is 6.63. The average Bonchev–Trinajstić information content (AvgIpc) is 2.59. The molecule has 0 saturated carbocycles. The first-order valence-electron chi connectivity index (χ1n) is 8.69. The van der Waals surface area contributed by atoms with Gasteiger partial charge in [0, 0.05) is 5.69 Å². The summed E-state index contributed by atoms with van der Waals surface area (Å²) >= 11 is 6.47. The lowest BCUT2D eigenvalue weighted by Crippen LogP contribution is -3.15. The smallest absolute Gasteiger partial charge is 0.114 e. The number of aryl methyl sites for hydroxylation is 1. The van der Waals surface area contributed by atoms with Crippen molar-refractivity contribution in [3.8, 4) is 0 Å². The van der Waals surface area contributed by atoms with Crippen molar-refractivity contribution < 1.29 is 4.90 Å². The molecule has 0 aliphatic carbocycles. The predicted octanol–water partition coefficient (Wildman–Crippen LogP) is 3.29. The van der Waals surface area contributed by atoms with Gasteiger partial charge in [0.15, 0.2) is 0 Å². The fourth-order valence-corrected chi connectivity index (χ4v) is 3.65. The summed E-state index contributed by atoms with van der Waals surface area (Å²) < 4.78 is 0. The van der Waals surface area contributed by atoms with Crippen molar-refractivity contribution in [3.05, 3.63) is 70.3 Å². The number of nitrogens with zero attached hydrogens (tertiary/aromatic N) is 1. The molecule has 1 N–H and O–H groups in total. The van der Waals surface area contributed by atoms with E-state index in [1.54, 1.807) is 4.90 Å². The van der Waals surface area contributed by atoms with Crippen LogP contribution in [-0.4, -0.2) is 32.7 Å². The number of benzene rings is 2. The number of hydrogen-bond donors (Lipinski definition) is 1. The maximum absolute atomic E-state index is 6.47. The fraction of sp³-hybridized carbons (Fsp3) is 0.333. The molecule has 1 fully saturated rings. The summed E-state index contributed by atoms with van der Waals surface area (Å²) in [5, 5.41) is 0.941. The van der Waals surface area contributed by atoms with Crippen LogP contribution in [0.1, 0.15) is 16.7 Å². The summed E-state index contributed by atoms with van der Waals surface area (Å²) in [5.41, 5.74) is 5.34. The predicted molar refractivity (Wildman–Crippen MR) is 104 cm³/mol. The van der Waals surface area contributed by atoms with Crippen LogP contribution in [-0.2, 0) is 0 Å². The van der Waals surface area contributed by atoms with Crippen molar-refractivity contribution in [1.82, 2.24) is 0 Å². The molecule has 2 aromatic rings. The zero-order valence-electron chi connectivity index (χ0n) is 14.6. The Hall–Kier alpha value is -1.77. The highest BCUT2D eigenvalue weighted by molar-refractivity contribution is 6.31. The molecule has 126 valence electrons. The molecule has 3 heteroatoms. The largest absolute Gasteiger partial charge is 0.360 e. The number of rotatable bonds is 4. The van der Waals surface area contributed by atoms with Gasteiger partial charge in [-0.2, -0.15) is 0 Å². The lowest BCUT2D eigenvalue weighted by Gasteiger charge is -2.34. The van der Waals surface area contributed by atoms with Crippen molar-refractivity contribution in [1.29, 1.82) is 0 Å². The molecule has 2 nitrogen and oxygen atoms in total. The SMILES string of the molecule is Cc1cccc(N2CC[NH+](C/C(Cl)=C/c3ccccc3)CC2)c1C. The van der Waals surface area contributed by atoms with E-state index in [9.17, 15) is 0 Å². The summed E-state index contributed by atoms with van der Waals surface area (Å²) in [7, 11) is 0. The molecule has 0 spiro atoms. The van der Waals surface area contributed by atoms with E-state index in [2.05, 4.69) is 55.2 Å².